The molecule has 0 N–H and O–H groups in total. The lowest BCUT2D eigenvalue weighted by Gasteiger charge is -1.99. The molecule has 0 aliphatic carbocycles. The normalized spacial score (nSPS) is 10.4. The van der Waals surface area contributed by atoms with Crippen LogP contribution >= 0.6 is 0 Å². The predicted molar refractivity (Wildman–Crippen MR) is 48.8 cm³/mol. The first kappa shape index (κ1) is 8.68. The van der Waals surface area contributed by atoms with Crippen molar-refractivity contribution in [2.24, 2.45) is 7.05 Å². The molecule has 14 heavy (non-hydrogen) atoms. The lowest BCUT2D eigenvalue weighted by atomic mass is 10.3. The average molecular weight is 193 g/mol. The zero-order valence-corrected chi connectivity index (χ0v) is 7.51. The molecule has 0 saturated carbocycles. The molecule has 0 bridgehead atoms. The van der Waals surface area contributed by atoms with E-state index in [0.717, 1.165) is 4.68 Å². The Morgan fingerprint density at radius 1 is 1.36 bits per heavy atom. The maximum Gasteiger partial charge on any atom is 0.350 e. The maximum atomic E-state index is 13.3. The van der Waals surface area contributed by atoms with Gasteiger partial charge >= 0.3 is 5.69 Å². The Bertz CT molecular complexity index is 515. The highest BCUT2D eigenvalue weighted by Gasteiger charge is 2.07. The highest BCUT2D eigenvalue weighted by atomic mass is 19.1. The fourth-order valence-electron chi connectivity index (χ4n) is 1.17. The number of nitrogens with zero attached hydrogens (tertiary/aromatic N) is 3. The van der Waals surface area contributed by atoms with Crippen molar-refractivity contribution < 1.29 is 4.39 Å². The summed E-state index contributed by atoms with van der Waals surface area (Å²) in [4.78, 5) is 11.4. The van der Waals surface area contributed by atoms with Crippen LogP contribution in [0.1, 0.15) is 0 Å². The quantitative estimate of drug-likeness (QED) is 0.669. The summed E-state index contributed by atoms with van der Waals surface area (Å²) >= 11 is 0. The van der Waals surface area contributed by atoms with Gasteiger partial charge in [-0.1, -0.05) is 12.1 Å². The number of hydrogen-bond acceptors (Lipinski definition) is 2. The van der Waals surface area contributed by atoms with E-state index >= 15 is 0 Å². The molecule has 0 saturated heterocycles. The summed E-state index contributed by atoms with van der Waals surface area (Å²) in [5, 5.41) is 3.77. The zero-order chi connectivity index (χ0) is 10.1. The van der Waals surface area contributed by atoms with Crippen molar-refractivity contribution in [3.63, 3.8) is 0 Å². The Kier molecular flexibility index (Phi) is 1.92. The highest BCUT2D eigenvalue weighted by Crippen LogP contribution is 2.08. The van der Waals surface area contributed by atoms with Crippen molar-refractivity contribution >= 4 is 0 Å². The SMILES string of the molecule is Cn1cnn(-c2ccccc2F)c1=O. The molecule has 0 aliphatic rings. The predicted octanol–water partition coefficient (Wildman–Crippen LogP) is 0.710. The molecule has 0 radical (unpaired) electrons. The van der Waals surface area contributed by atoms with Crippen molar-refractivity contribution in [1.82, 2.24) is 14.3 Å². The van der Waals surface area contributed by atoms with Crippen LogP contribution < -0.4 is 5.69 Å². The van der Waals surface area contributed by atoms with Crippen LogP contribution in [0.4, 0.5) is 4.39 Å². The lowest BCUT2D eigenvalue weighted by molar-refractivity contribution is 0.606. The van der Waals surface area contributed by atoms with Crippen molar-refractivity contribution in [1.29, 1.82) is 0 Å². The van der Waals surface area contributed by atoms with E-state index in [1.165, 1.54) is 23.0 Å². The minimum atomic E-state index is -0.465. The molecule has 1 heterocycles. The summed E-state index contributed by atoms with van der Waals surface area (Å²) in [6.45, 7) is 0. The van der Waals surface area contributed by atoms with Crippen LogP contribution in [0, 0.1) is 5.82 Å². The van der Waals surface area contributed by atoms with Crippen LogP contribution in [-0.4, -0.2) is 14.3 Å². The van der Waals surface area contributed by atoms with Gasteiger partial charge in [-0.15, -0.1) is 0 Å². The van der Waals surface area contributed by atoms with Gasteiger partial charge in [0.05, 0.1) is 0 Å². The molecule has 1 aromatic heterocycles. The molecule has 0 fully saturated rings. The fourth-order valence-corrected chi connectivity index (χ4v) is 1.17. The van der Waals surface area contributed by atoms with Crippen LogP contribution in [0.2, 0.25) is 0 Å². The summed E-state index contributed by atoms with van der Waals surface area (Å²) in [5.74, 6) is -0.465. The first-order valence-electron chi connectivity index (χ1n) is 4.05. The molecule has 5 heteroatoms. The lowest BCUT2D eigenvalue weighted by Crippen LogP contribution is -2.22. The van der Waals surface area contributed by atoms with Gasteiger partial charge in [0.15, 0.2) is 0 Å². The third kappa shape index (κ3) is 1.22. The second kappa shape index (κ2) is 3.10. The summed E-state index contributed by atoms with van der Waals surface area (Å²) < 4.78 is 15.6. The fraction of sp³-hybridized carbons (Fsp3) is 0.111. The molecule has 0 amide bonds. The van der Waals surface area contributed by atoms with Crippen molar-refractivity contribution in [3.05, 3.63) is 46.9 Å². The third-order valence-electron chi connectivity index (χ3n) is 1.90. The molecular weight excluding hydrogens is 185 g/mol. The third-order valence-corrected chi connectivity index (χ3v) is 1.90. The molecular formula is C9H8FN3O. The Hall–Kier alpha value is -1.91. The van der Waals surface area contributed by atoms with E-state index in [9.17, 15) is 9.18 Å². The Morgan fingerprint density at radius 3 is 2.64 bits per heavy atom. The number of hydrogen-bond donors (Lipinski definition) is 0. The van der Waals surface area contributed by atoms with Crippen molar-refractivity contribution in [2.45, 2.75) is 0 Å². The molecule has 4 nitrogen and oxygen atoms in total. The van der Waals surface area contributed by atoms with Gasteiger partial charge in [0, 0.05) is 7.05 Å². The molecule has 2 rings (SSSR count). The number of benzene rings is 1. The standard InChI is InChI=1S/C9H8FN3O/c1-12-6-11-13(9(12)14)8-5-3-2-4-7(8)10/h2-6H,1H3. The van der Waals surface area contributed by atoms with Gasteiger partial charge in [-0.3, -0.25) is 4.57 Å². The van der Waals surface area contributed by atoms with E-state index in [0.29, 0.717) is 0 Å². The van der Waals surface area contributed by atoms with Gasteiger partial charge in [-0.25, -0.2) is 9.18 Å². The largest absolute Gasteiger partial charge is 0.350 e. The zero-order valence-electron chi connectivity index (χ0n) is 7.51. The van der Waals surface area contributed by atoms with E-state index in [4.69, 9.17) is 0 Å². The van der Waals surface area contributed by atoms with E-state index in [1.807, 2.05) is 0 Å². The monoisotopic (exact) mass is 193 g/mol. The van der Waals surface area contributed by atoms with Crippen LogP contribution in [0.15, 0.2) is 35.4 Å². The Balaban J connectivity index is 2.67. The highest BCUT2D eigenvalue weighted by molar-refractivity contribution is 5.31. The minimum absolute atomic E-state index is 0.165. The van der Waals surface area contributed by atoms with Gasteiger partial charge in [-0.05, 0) is 12.1 Å². The molecule has 1 aromatic carbocycles. The molecule has 0 unspecified atom stereocenters. The van der Waals surface area contributed by atoms with Gasteiger partial charge in [0.2, 0.25) is 0 Å². The number of aryl methyl sites for hydroxylation is 1. The van der Waals surface area contributed by atoms with Gasteiger partial charge < -0.3 is 0 Å². The maximum absolute atomic E-state index is 13.3. The average Bonchev–Trinajstić information content (AvgIpc) is 2.49. The Labute approximate surface area is 79.2 Å². The van der Waals surface area contributed by atoms with Crippen LogP contribution in [0.3, 0.4) is 0 Å². The van der Waals surface area contributed by atoms with E-state index in [2.05, 4.69) is 5.10 Å². The van der Waals surface area contributed by atoms with E-state index < -0.39 is 5.82 Å². The van der Waals surface area contributed by atoms with Gasteiger partial charge in [0.25, 0.3) is 0 Å². The van der Waals surface area contributed by atoms with Gasteiger partial charge in [-0.2, -0.15) is 9.78 Å². The summed E-state index contributed by atoms with van der Waals surface area (Å²) in [5.41, 5.74) is -0.201. The molecule has 0 spiro atoms. The van der Waals surface area contributed by atoms with Crippen molar-refractivity contribution in [3.8, 4) is 5.69 Å². The summed E-state index contributed by atoms with van der Waals surface area (Å²) in [6.07, 6.45) is 1.34. The summed E-state index contributed by atoms with van der Waals surface area (Å²) in [7, 11) is 1.56. The van der Waals surface area contributed by atoms with Gasteiger partial charge in [0.1, 0.15) is 17.8 Å². The topological polar surface area (TPSA) is 39.8 Å². The van der Waals surface area contributed by atoms with Crippen LogP contribution in [-0.2, 0) is 7.05 Å². The summed E-state index contributed by atoms with van der Waals surface area (Å²) in [6, 6.07) is 6.01. The molecule has 2 aromatic rings. The van der Waals surface area contributed by atoms with E-state index in [-0.39, 0.29) is 11.4 Å². The molecule has 0 aliphatic heterocycles. The van der Waals surface area contributed by atoms with Crippen LogP contribution in [0.5, 0.6) is 0 Å². The number of para-hydroxylation sites is 1. The van der Waals surface area contributed by atoms with Crippen LogP contribution in [0.25, 0.3) is 5.69 Å². The second-order valence-corrected chi connectivity index (χ2v) is 2.89. The number of aromatic nitrogens is 3. The molecule has 72 valence electrons. The second-order valence-electron chi connectivity index (χ2n) is 2.89. The number of rotatable bonds is 1. The smallest absolute Gasteiger partial charge is 0.284 e. The minimum Gasteiger partial charge on any atom is -0.284 e. The van der Waals surface area contributed by atoms with Crippen molar-refractivity contribution in [2.75, 3.05) is 0 Å². The molecule has 0 atom stereocenters. The first-order valence-corrected chi connectivity index (χ1v) is 4.05. The Morgan fingerprint density at radius 2 is 2.07 bits per heavy atom. The van der Waals surface area contributed by atoms with E-state index in [1.54, 1.807) is 19.2 Å². The first-order chi connectivity index (χ1) is 6.70. The number of halogens is 1.